The second-order valence-corrected chi connectivity index (χ2v) is 1.48. The second kappa shape index (κ2) is 2.37. The zero-order chi connectivity index (χ0) is 5.82. The fraction of sp³-hybridized carbons (Fsp3) is 0.200. The molecule has 0 amide bonds. The summed E-state index contributed by atoms with van der Waals surface area (Å²) in [7, 11) is 0. The van der Waals surface area contributed by atoms with Gasteiger partial charge in [0.15, 0.2) is 0 Å². The minimum absolute atomic E-state index is 0.0718. The standard InChI is InChI=1S/C5H7N3/c6-5-1-2-7-4-8-3-5/h1-5H,6H2. The van der Waals surface area contributed by atoms with Crippen LogP contribution < -0.4 is 5.73 Å². The van der Waals surface area contributed by atoms with Gasteiger partial charge in [-0.25, -0.2) is 9.98 Å². The molecule has 0 aromatic heterocycles. The molecule has 0 aliphatic carbocycles. The number of rotatable bonds is 0. The summed E-state index contributed by atoms with van der Waals surface area (Å²) in [6, 6.07) is -0.0718. The van der Waals surface area contributed by atoms with Gasteiger partial charge in [-0.15, -0.1) is 0 Å². The minimum atomic E-state index is -0.0718. The number of nitrogens with two attached hydrogens (primary N) is 1. The van der Waals surface area contributed by atoms with E-state index >= 15 is 0 Å². The van der Waals surface area contributed by atoms with E-state index in [9.17, 15) is 0 Å². The molecule has 1 aliphatic rings. The summed E-state index contributed by atoms with van der Waals surface area (Å²) in [5.74, 6) is 0. The molecule has 8 heavy (non-hydrogen) atoms. The van der Waals surface area contributed by atoms with Crippen molar-refractivity contribution in [1.82, 2.24) is 0 Å². The van der Waals surface area contributed by atoms with Crippen LogP contribution in [0.25, 0.3) is 0 Å². The Labute approximate surface area is 47.6 Å². The quantitative estimate of drug-likeness (QED) is 0.465. The third-order valence-corrected chi connectivity index (χ3v) is 0.786. The van der Waals surface area contributed by atoms with Crippen molar-refractivity contribution in [2.45, 2.75) is 6.04 Å². The maximum absolute atomic E-state index is 5.42. The van der Waals surface area contributed by atoms with Crippen molar-refractivity contribution in [1.29, 1.82) is 0 Å². The Morgan fingerprint density at radius 3 is 3.12 bits per heavy atom. The van der Waals surface area contributed by atoms with Crippen LogP contribution in [0.15, 0.2) is 22.3 Å². The Morgan fingerprint density at radius 2 is 2.25 bits per heavy atom. The fourth-order valence-electron chi connectivity index (χ4n) is 0.414. The second-order valence-electron chi connectivity index (χ2n) is 1.48. The number of nitrogens with zero attached hydrogens (tertiary/aromatic N) is 2. The lowest BCUT2D eigenvalue weighted by Gasteiger charge is -1.89. The summed E-state index contributed by atoms with van der Waals surface area (Å²) in [4.78, 5) is 7.49. The molecule has 0 aromatic carbocycles. The number of hydrogen-bond donors (Lipinski definition) is 1. The Hall–Kier alpha value is -0.960. The van der Waals surface area contributed by atoms with Gasteiger partial charge in [0, 0.05) is 12.4 Å². The SMILES string of the molecule is NC1C=CN=CN=C1. The highest BCUT2D eigenvalue weighted by Gasteiger charge is 1.89. The molecule has 3 nitrogen and oxygen atoms in total. The molecule has 0 saturated carbocycles. The molecule has 0 aromatic rings. The van der Waals surface area contributed by atoms with Gasteiger partial charge in [0.25, 0.3) is 0 Å². The number of aliphatic imine (C=N–C) groups is 2. The highest BCUT2D eigenvalue weighted by molar-refractivity contribution is 5.78. The largest absolute Gasteiger partial charge is 0.320 e. The van der Waals surface area contributed by atoms with E-state index in [1.54, 1.807) is 18.5 Å². The molecule has 1 heterocycles. The van der Waals surface area contributed by atoms with Gasteiger partial charge in [-0.3, -0.25) is 0 Å². The molecule has 1 rings (SSSR count). The Bertz CT molecular complexity index is 130. The average Bonchev–Trinajstić information content (AvgIpc) is 1.94. The highest BCUT2D eigenvalue weighted by atomic mass is 14.9. The van der Waals surface area contributed by atoms with Gasteiger partial charge in [0.2, 0.25) is 0 Å². The molecule has 42 valence electrons. The van der Waals surface area contributed by atoms with E-state index in [2.05, 4.69) is 9.98 Å². The zero-order valence-electron chi connectivity index (χ0n) is 4.36. The van der Waals surface area contributed by atoms with E-state index < -0.39 is 0 Å². The van der Waals surface area contributed by atoms with Gasteiger partial charge in [-0.1, -0.05) is 0 Å². The maximum atomic E-state index is 5.42. The predicted octanol–water partition coefficient (Wildman–Crippen LogP) is -0.0599. The van der Waals surface area contributed by atoms with E-state index in [4.69, 9.17) is 5.73 Å². The van der Waals surface area contributed by atoms with E-state index in [1.807, 2.05) is 0 Å². The lowest BCUT2D eigenvalue weighted by atomic mass is 10.3. The van der Waals surface area contributed by atoms with Crippen molar-refractivity contribution in [2.75, 3.05) is 0 Å². The van der Waals surface area contributed by atoms with Crippen molar-refractivity contribution < 1.29 is 0 Å². The van der Waals surface area contributed by atoms with Crippen LogP contribution in [0, 0.1) is 0 Å². The summed E-state index contributed by atoms with van der Waals surface area (Å²) < 4.78 is 0. The van der Waals surface area contributed by atoms with Crippen molar-refractivity contribution in [3.63, 3.8) is 0 Å². The zero-order valence-corrected chi connectivity index (χ0v) is 4.36. The normalized spacial score (nSPS) is 25.9. The monoisotopic (exact) mass is 109 g/mol. The molecule has 3 heteroatoms. The Kier molecular flexibility index (Phi) is 1.54. The average molecular weight is 109 g/mol. The van der Waals surface area contributed by atoms with Gasteiger partial charge < -0.3 is 5.73 Å². The smallest absolute Gasteiger partial charge is 0.114 e. The van der Waals surface area contributed by atoms with Crippen molar-refractivity contribution in [3.8, 4) is 0 Å². The molecule has 0 bridgehead atoms. The first kappa shape index (κ1) is 5.18. The lowest BCUT2D eigenvalue weighted by Crippen LogP contribution is -2.17. The summed E-state index contributed by atoms with van der Waals surface area (Å²) in [5, 5.41) is 0. The molecule has 0 saturated heterocycles. The van der Waals surface area contributed by atoms with E-state index in [1.165, 1.54) is 6.34 Å². The maximum Gasteiger partial charge on any atom is 0.114 e. The van der Waals surface area contributed by atoms with Crippen molar-refractivity contribution >= 4 is 12.6 Å². The van der Waals surface area contributed by atoms with Crippen LogP contribution in [0.4, 0.5) is 0 Å². The Morgan fingerprint density at radius 1 is 1.38 bits per heavy atom. The molecule has 1 aliphatic heterocycles. The van der Waals surface area contributed by atoms with Crippen LogP contribution in [0.3, 0.4) is 0 Å². The van der Waals surface area contributed by atoms with Crippen molar-refractivity contribution in [2.24, 2.45) is 15.7 Å². The van der Waals surface area contributed by atoms with E-state index in [-0.39, 0.29) is 6.04 Å². The molecule has 1 atom stereocenters. The summed E-state index contributed by atoms with van der Waals surface area (Å²) in [5.41, 5.74) is 5.42. The van der Waals surface area contributed by atoms with Crippen LogP contribution in [0.5, 0.6) is 0 Å². The highest BCUT2D eigenvalue weighted by Crippen LogP contribution is 1.83. The van der Waals surface area contributed by atoms with Crippen LogP contribution in [-0.2, 0) is 0 Å². The summed E-state index contributed by atoms with van der Waals surface area (Å²) >= 11 is 0. The molecule has 1 unspecified atom stereocenters. The van der Waals surface area contributed by atoms with Crippen molar-refractivity contribution in [3.05, 3.63) is 12.3 Å². The first-order chi connectivity index (χ1) is 3.89. The Balaban J connectivity index is 2.66. The van der Waals surface area contributed by atoms with E-state index in [0.29, 0.717) is 0 Å². The molecular weight excluding hydrogens is 102 g/mol. The topological polar surface area (TPSA) is 50.7 Å². The van der Waals surface area contributed by atoms with Crippen LogP contribution in [-0.4, -0.2) is 18.6 Å². The number of hydrogen-bond acceptors (Lipinski definition) is 3. The summed E-state index contributed by atoms with van der Waals surface area (Å²) in [6.45, 7) is 0. The third kappa shape index (κ3) is 1.27. The fourth-order valence-corrected chi connectivity index (χ4v) is 0.414. The van der Waals surface area contributed by atoms with Gasteiger partial charge in [0.05, 0.1) is 6.04 Å². The van der Waals surface area contributed by atoms with Gasteiger partial charge in [-0.05, 0) is 6.08 Å². The van der Waals surface area contributed by atoms with Crippen LogP contribution in [0.1, 0.15) is 0 Å². The lowest BCUT2D eigenvalue weighted by molar-refractivity contribution is 1.11. The molecule has 0 fully saturated rings. The van der Waals surface area contributed by atoms with Gasteiger partial charge >= 0.3 is 0 Å². The van der Waals surface area contributed by atoms with Gasteiger partial charge in [0.1, 0.15) is 6.34 Å². The van der Waals surface area contributed by atoms with Crippen LogP contribution >= 0.6 is 0 Å². The minimum Gasteiger partial charge on any atom is -0.320 e. The van der Waals surface area contributed by atoms with Crippen LogP contribution in [0.2, 0.25) is 0 Å². The first-order valence-electron chi connectivity index (χ1n) is 2.37. The van der Waals surface area contributed by atoms with E-state index in [0.717, 1.165) is 0 Å². The first-order valence-corrected chi connectivity index (χ1v) is 2.37. The predicted molar refractivity (Wildman–Crippen MR) is 34.1 cm³/mol. The molecule has 0 spiro atoms. The van der Waals surface area contributed by atoms with Gasteiger partial charge in [-0.2, -0.15) is 0 Å². The third-order valence-electron chi connectivity index (χ3n) is 0.786. The summed E-state index contributed by atoms with van der Waals surface area (Å²) in [6.07, 6.45) is 6.50. The molecule has 2 N–H and O–H groups in total. The molecular formula is C5H7N3. The molecule has 0 radical (unpaired) electrons.